The van der Waals surface area contributed by atoms with Crippen molar-refractivity contribution in [3.05, 3.63) is 18.3 Å². The number of hydrogen-bond donors (Lipinski definition) is 1. The Bertz CT molecular complexity index is 524. The average molecular weight is 283 g/mol. The van der Waals surface area contributed by atoms with Crippen molar-refractivity contribution in [3.8, 4) is 0 Å². The minimum Gasteiger partial charge on any atom is -0.384 e. The Hall–Kier alpha value is -1.14. The molecule has 0 unspecified atom stereocenters. The molecule has 1 fully saturated rings. The van der Waals surface area contributed by atoms with Crippen LogP contribution in [-0.4, -0.2) is 31.3 Å². The van der Waals surface area contributed by atoms with Crippen LogP contribution >= 0.6 is 0 Å². The van der Waals surface area contributed by atoms with E-state index in [4.69, 9.17) is 5.73 Å². The molecule has 0 saturated heterocycles. The second-order valence-electron chi connectivity index (χ2n) is 5.21. The number of nitrogen functional groups attached to an aromatic ring is 1. The molecule has 0 spiro atoms. The van der Waals surface area contributed by atoms with Crippen LogP contribution in [0.4, 0.5) is 5.82 Å². The summed E-state index contributed by atoms with van der Waals surface area (Å²) in [5, 5.41) is 0. The Morgan fingerprint density at radius 2 is 2.05 bits per heavy atom. The molecule has 0 aliphatic heterocycles. The van der Waals surface area contributed by atoms with Crippen molar-refractivity contribution in [2.75, 3.05) is 19.3 Å². The minimum absolute atomic E-state index is 0.221. The SMILES string of the molecule is CN(CC1CCCCC1)S(=O)(=O)c1ccnc(N)c1. The number of rotatable bonds is 4. The minimum atomic E-state index is -3.45. The molecule has 1 aliphatic carbocycles. The van der Waals surface area contributed by atoms with E-state index in [1.54, 1.807) is 7.05 Å². The smallest absolute Gasteiger partial charge is 0.243 e. The lowest BCUT2D eigenvalue weighted by Crippen LogP contribution is -2.32. The normalized spacial score (nSPS) is 17.8. The molecule has 1 aromatic heterocycles. The molecule has 0 atom stereocenters. The molecule has 0 radical (unpaired) electrons. The van der Waals surface area contributed by atoms with Crippen LogP contribution in [0.2, 0.25) is 0 Å². The molecule has 106 valence electrons. The third-order valence-electron chi connectivity index (χ3n) is 3.70. The first kappa shape index (κ1) is 14.3. The maximum absolute atomic E-state index is 12.4. The summed E-state index contributed by atoms with van der Waals surface area (Å²) in [5.41, 5.74) is 5.55. The highest BCUT2D eigenvalue weighted by Gasteiger charge is 2.24. The van der Waals surface area contributed by atoms with Gasteiger partial charge in [-0.15, -0.1) is 0 Å². The molecule has 2 N–H and O–H groups in total. The zero-order valence-corrected chi connectivity index (χ0v) is 12.1. The van der Waals surface area contributed by atoms with Gasteiger partial charge >= 0.3 is 0 Å². The predicted molar refractivity (Wildman–Crippen MR) is 75.0 cm³/mol. The quantitative estimate of drug-likeness (QED) is 0.915. The average Bonchev–Trinajstić information content (AvgIpc) is 2.40. The standard InChI is InChI=1S/C13H21N3O2S/c1-16(10-11-5-3-2-4-6-11)19(17,18)12-7-8-15-13(14)9-12/h7-9,11H,2-6,10H2,1H3,(H2,14,15). The number of sulfonamides is 1. The van der Waals surface area contributed by atoms with E-state index in [0.717, 1.165) is 12.8 Å². The van der Waals surface area contributed by atoms with Gasteiger partial charge in [0, 0.05) is 25.9 Å². The highest BCUT2D eigenvalue weighted by atomic mass is 32.2. The van der Waals surface area contributed by atoms with Crippen LogP contribution in [0.3, 0.4) is 0 Å². The van der Waals surface area contributed by atoms with Crippen LogP contribution in [-0.2, 0) is 10.0 Å². The van der Waals surface area contributed by atoms with E-state index in [1.807, 2.05) is 0 Å². The van der Waals surface area contributed by atoms with Gasteiger partial charge < -0.3 is 5.73 Å². The van der Waals surface area contributed by atoms with Crippen LogP contribution in [0.25, 0.3) is 0 Å². The monoisotopic (exact) mass is 283 g/mol. The Morgan fingerprint density at radius 3 is 2.68 bits per heavy atom. The molecular formula is C13H21N3O2S. The summed E-state index contributed by atoms with van der Waals surface area (Å²) in [6.07, 6.45) is 7.36. The van der Waals surface area contributed by atoms with E-state index in [0.29, 0.717) is 12.5 Å². The molecule has 0 amide bonds. The molecule has 6 heteroatoms. The number of nitrogens with two attached hydrogens (primary N) is 1. The first-order chi connectivity index (χ1) is 9.00. The van der Waals surface area contributed by atoms with E-state index in [9.17, 15) is 8.42 Å². The lowest BCUT2D eigenvalue weighted by atomic mass is 9.89. The van der Waals surface area contributed by atoms with E-state index in [-0.39, 0.29) is 10.7 Å². The largest absolute Gasteiger partial charge is 0.384 e. The lowest BCUT2D eigenvalue weighted by Gasteiger charge is -2.26. The molecule has 1 saturated carbocycles. The molecule has 1 heterocycles. The number of pyridine rings is 1. The van der Waals surface area contributed by atoms with Gasteiger partial charge in [-0.05, 0) is 24.8 Å². The summed E-state index contributed by atoms with van der Waals surface area (Å²) in [4.78, 5) is 4.04. The van der Waals surface area contributed by atoms with Crippen molar-refractivity contribution >= 4 is 15.8 Å². The van der Waals surface area contributed by atoms with Crippen molar-refractivity contribution in [3.63, 3.8) is 0 Å². The van der Waals surface area contributed by atoms with Crippen LogP contribution < -0.4 is 5.73 Å². The zero-order chi connectivity index (χ0) is 13.9. The summed E-state index contributed by atoms with van der Waals surface area (Å²) >= 11 is 0. The first-order valence-corrected chi connectivity index (χ1v) is 8.12. The van der Waals surface area contributed by atoms with E-state index < -0.39 is 10.0 Å². The highest BCUT2D eigenvalue weighted by molar-refractivity contribution is 7.89. The van der Waals surface area contributed by atoms with Gasteiger partial charge in [0.25, 0.3) is 0 Å². The molecule has 2 rings (SSSR count). The van der Waals surface area contributed by atoms with Crippen molar-refractivity contribution in [1.82, 2.24) is 9.29 Å². The summed E-state index contributed by atoms with van der Waals surface area (Å²) in [5.74, 6) is 0.708. The Kier molecular flexibility index (Phi) is 4.42. The van der Waals surface area contributed by atoms with Gasteiger partial charge in [-0.3, -0.25) is 0 Å². The summed E-state index contributed by atoms with van der Waals surface area (Å²) in [6.45, 7) is 0.588. The second-order valence-corrected chi connectivity index (χ2v) is 7.25. The maximum atomic E-state index is 12.4. The Morgan fingerprint density at radius 1 is 1.37 bits per heavy atom. The van der Waals surface area contributed by atoms with Gasteiger partial charge in [-0.25, -0.2) is 17.7 Å². The van der Waals surface area contributed by atoms with Crippen molar-refractivity contribution in [2.24, 2.45) is 5.92 Å². The van der Waals surface area contributed by atoms with Gasteiger partial charge in [-0.1, -0.05) is 19.3 Å². The fraction of sp³-hybridized carbons (Fsp3) is 0.615. The van der Waals surface area contributed by atoms with Gasteiger partial charge in [0.2, 0.25) is 10.0 Å². The molecule has 5 nitrogen and oxygen atoms in total. The molecule has 1 aliphatic rings. The van der Waals surface area contributed by atoms with Crippen molar-refractivity contribution in [2.45, 2.75) is 37.0 Å². The molecule has 0 bridgehead atoms. The molecular weight excluding hydrogens is 262 g/mol. The fourth-order valence-electron chi connectivity index (χ4n) is 2.60. The summed E-state index contributed by atoms with van der Waals surface area (Å²) in [7, 11) is -1.81. The molecule has 19 heavy (non-hydrogen) atoms. The van der Waals surface area contributed by atoms with Gasteiger partial charge in [-0.2, -0.15) is 0 Å². The number of anilines is 1. The predicted octanol–water partition coefficient (Wildman–Crippen LogP) is 1.86. The fourth-order valence-corrected chi connectivity index (χ4v) is 3.87. The first-order valence-electron chi connectivity index (χ1n) is 6.68. The van der Waals surface area contributed by atoms with Crippen LogP contribution in [0, 0.1) is 5.92 Å². The van der Waals surface area contributed by atoms with Crippen LogP contribution in [0.1, 0.15) is 32.1 Å². The van der Waals surface area contributed by atoms with Crippen LogP contribution in [0.15, 0.2) is 23.2 Å². The van der Waals surface area contributed by atoms with Gasteiger partial charge in [0.1, 0.15) is 5.82 Å². The summed E-state index contributed by atoms with van der Waals surface area (Å²) in [6, 6.07) is 2.90. The Balaban J connectivity index is 2.10. The van der Waals surface area contributed by atoms with E-state index in [2.05, 4.69) is 4.98 Å². The third kappa shape index (κ3) is 3.45. The van der Waals surface area contributed by atoms with Crippen molar-refractivity contribution < 1.29 is 8.42 Å². The lowest BCUT2D eigenvalue weighted by molar-refractivity contribution is 0.300. The van der Waals surface area contributed by atoms with Gasteiger partial charge in [0.05, 0.1) is 4.90 Å². The van der Waals surface area contributed by atoms with Gasteiger partial charge in [0.15, 0.2) is 0 Å². The highest BCUT2D eigenvalue weighted by Crippen LogP contribution is 2.26. The molecule has 1 aromatic rings. The molecule has 0 aromatic carbocycles. The Labute approximate surface area is 114 Å². The maximum Gasteiger partial charge on any atom is 0.243 e. The van der Waals surface area contributed by atoms with E-state index >= 15 is 0 Å². The number of nitrogens with zero attached hydrogens (tertiary/aromatic N) is 2. The number of hydrogen-bond acceptors (Lipinski definition) is 4. The van der Waals surface area contributed by atoms with Crippen LogP contribution in [0.5, 0.6) is 0 Å². The third-order valence-corrected chi connectivity index (χ3v) is 5.52. The van der Waals surface area contributed by atoms with E-state index in [1.165, 1.54) is 41.9 Å². The van der Waals surface area contributed by atoms with Crippen molar-refractivity contribution in [1.29, 1.82) is 0 Å². The second kappa shape index (κ2) is 5.88. The number of aromatic nitrogens is 1. The summed E-state index contributed by atoms with van der Waals surface area (Å²) < 4.78 is 26.2. The zero-order valence-electron chi connectivity index (χ0n) is 11.2. The topological polar surface area (TPSA) is 76.3 Å².